The first-order valence-corrected chi connectivity index (χ1v) is 9.62. The molecule has 1 amide bonds. The van der Waals surface area contributed by atoms with Crippen LogP contribution in [0.25, 0.3) is 0 Å². The van der Waals surface area contributed by atoms with E-state index < -0.39 is 10.0 Å². The normalized spacial score (nSPS) is 15.2. The van der Waals surface area contributed by atoms with Gasteiger partial charge in [0.1, 0.15) is 4.21 Å². The van der Waals surface area contributed by atoms with Gasteiger partial charge in [-0.25, -0.2) is 8.42 Å². The Balaban J connectivity index is 1.78. The molecule has 2 heterocycles. The number of amides is 1. The summed E-state index contributed by atoms with van der Waals surface area (Å²) >= 11 is 1.21. The van der Waals surface area contributed by atoms with Crippen molar-refractivity contribution < 1.29 is 13.2 Å². The van der Waals surface area contributed by atoms with E-state index in [0.717, 1.165) is 16.9 Å². The van der Waals surface area contributed by atoms with Gasteiger partial charge in [-0.05, 0) is 29.7 Å². The number of nitrogens with one attached hydrogen (secondary N) is 1. The minimum absolute atomic E-state index is 0.129. The van der Waals surface area contributed by atoms with Gasteiger partial charge in [-0.15, -0.1) is 11.3 Å². The Hall–Kier alpha value is -1.70. The third-order valence-electron chi connectivity index (χ3n) is 3.84. The van der Waals surface area contributed by atoms with Crippen LogP contribution in [0, 0.1) is 0 Å². The van der Waals surface area contributed by atoms with Gasteiger partial charge in [-0.3, -0.25) is 4.79 Å². The summed E-state index contributed by atoms with van der Waals surface area (Å²) in [6, 6.07) is 11.3. The highest BCUT2D eigenvalue weighted by molar-refractivity contribution is 7.91. The highest BCUT2D eigenvalue weighted by Gasteiger charge is 2.29. The van der Waals surface area contributed by atoms with Crippen LogP contribution in [0.1, 0.15) is 22.9 Å². The Labute approximate surface area is 140 Å². The smallest absolute Gasteiger partial charge is 0.252 e. The molecule has 122 valence electrons. The van der Waals surface area contributed by atoms with Gasteiger partial charge in [-0.2, -0.15) is 4.31 Å². The summed E-state index contributed by atoms with van der Waals surface area (Å²) in [5.41, 5.74) is 2.29. The van der Waals surface area contributed by atoms with Crippen molar-refractivity contribution in [3.63, 3.8) is 0 Å². The first-order valence-electron chi connectivity index (χ1n) is 7.37. The van der Waals surface area contributed by atoms with Crippen molar-refractivity contribution >= 4 is 27.3 Å². The van der Waals surface area contributed by atoms with Gasteiger partial charge in [0.2, 0.25) is 5.91 Å². The van der Waals surface area contributed by atoms with Crippen LogP contribution in [-0.4, -0.2) is 25.2 Å². The summed E-state index contributed by atoms with van der Waals surface area (Å²) in [6.07, 6.45) is 0.736. The zero-order valence-corrected chi connectivity index (χ0v) is 14.4. The third kappa shape index (κ3) is 3.46. The number of hydrogen-bond donors (Lipinski definition) is 1. The Morgan fingerprint density at radius 1 is 1.22 bits per heavy atom. The number of sulfonamides is 1. The first kappa shape index (κ1) is 16.2. The third-order valence-corrected chi connectivity index (χ3v) is 7.24. The van der Waals surface area contributed by atoms with E-state index >= 15 is 0 Å². The number of rotatable bonds is 4. The fourth-order valence-electron chi connectivity index (χ4n) is 2.61. The molecule has 0 fully saturated rings. The van der Waals surface area contributed by atoms with Crippen molar-refractivity contribution in [1.82, 2.24) is 9.62 Å². The van der Waals surface area contributed by atoms with Gasteiger partial charge in [0.05, 0.1) is 6.54 Å². The van der Waals surface area contributed by atoms with Crippen LogP contribution in [0.15, 0.2) is 40.6 Å². The van der Waals surface area contributed by atoms with Gasteiger partial charge in [0.15, 0.2) is 0 Å². The maximum atomic E-state index is 12.8. The maximum absolute atomic E-state index is 12.8. The molecule has 0 bridgehead atoms. The van der Waals surface area contributed by atoms with Crippen molar-refractivity contribution in [2.45, 2.75) is 30.6 Å². The Bertz CT molecular complexity index is 827. The summed E-state index contributed by atoms with van der Waals surface area (Å²) in [4.78, 5) is 11.8. The lowest BCUT2D eigenvalue weighted by molar-refractivity contribution is -0.119. The highest BCUT2D eigenvalue weighted by Crippen LogP contribution is 2.29. The number of carbonyl (C=O) groups is 1. The Morgan fingerprint density at radius 3 is 2.70 bits per heavy atom. The van der Waals surface area contributed by atoms with Gasteiger partial charge < -0.3 is 5.32 Å². The van der Waals surface area contributed by atoms with Gasteiger partial charge in [-0.1, -0.05) is 24.3 Å². The number of nitrogens with zero attached hydrogens (tertiary/aromatic N) is 1. The quantitative estimate of drug-likeness (QED) is 0.919. The van der Waals surface area contributed by atoms with Gasteiger partial charge in [0.25, 0.3) is 10.0 Å². The molecule has 0 spiro atoms. The summed E-state index contributed by atoms with van der Waals surface area (Å²) in [5.74, 6) is -0.129. The molecule has 0 saturated carbocycles. The van der Waals surface area contributed by atoms with Crippen molar-refractivity contribution in [3.05, 3.63) is 52.4 Å². The monoisotopic (exact) mass is 350 g/mol. The second-order valence-electron chi connectivity index (χ2n) is 5.49. The molecule has 0 unspecified atom stereocenters. The van der Waals surface area contributed by atoms with Crippen LogP contribution in [-0.2, 0) is 34.3 Å². The number of fused-ring (bicyclic) bond motifs is 1. The molecule has 1 aliphatic rings. The topological polar surface area (TPSA) is 66.5 Å². The molecule has 2 aromatic rings. The molecule has 1 aromatic heterocycles. The summed E-state index contributed by atoms with van der Waals surface area (Å²) in [6.45, 7) is 2.71. The van der Waals surface area contributed by atoms with E-state index in [1.807, 2.05) is 18.2 Å². The molecule has 1 aromatic carbocycles. The minimum Gasteiger partial charge on any atom is -0.351 e. The fraction of sp³-hybridized carbons (Fsp3) is 0.312. The standard InChI is InChI=1S/C16H18N2O3S2/c1-12(19)17-10-15-6-7-16(22-15)23(20,21)18-9-8-13-4-2-3-5-14(13)11-18/h2-7H,8-11H2,1H3,(H,17,19). The fourth-order valence-corrected chi connectivity index (χ4v) is 5.47. The lowest BCUT2D eigenvalue weighted by atomic mass is 10.0. The van der Waals surface area contributed by atoms with E-state index in [-0.39, 0.29) is 5.91 Å². The van der Waals surface area contributed by atoms with Crippen LogP contribution in [0.4, 0.5) is 0 Å². The highest BCUT2D eigenvalue weighted by atomic mass is 32.2. The van der Waals surface area contributed by atoms with Gasteiger partial charge in [0, 0.05) is 24.9 Å². The maximum Gasteiger partial charge on any atom is 0.252 e. The number of hydrogen-bond acceptors (Lipinski definition) is 4. The Kier molecular flexibility index (Phi) is 4.52. The largest absolute Gasteiger partial charge is 0.351 e. The molecule has 23 heavy (non-hydrogen) atoms. The van der Waals surface area contributed by atoms with E-state index in [1.165, 1.54) is 28.1 Å². The van der Waals surface area contributed by atoms with E-state index in [0.29, 0.717) is 23.8 Å². The van der Waals surface area contributed by atoms with Crippen LogP contribution in [0.3, 0.4) is 0 Å². The van der Waals surface area contributed by atoms with Gasteiger partial charge >= 0.3 is 0 Å². The van der Waals surface area contributed by atoms with Crippen molar-refractivity contribution in [1.29, 1.82) is 0 Å². The lowest BCUT2D eigenvalue weighted by Crippen LogP contribution is -2.35. The predicted molar refractivity (Wildman–Crippen MR) is 89.6 cm³/mol. The average molecular weight is 350 g/mol. The molecule has 1 aliphatic heterocycles. The van der Waals surface area contributed by atoms with Crippen molar-refractivity contribution in [2.75, 3.05) is 6.54 Å². The molecule has 0 aliphatic carbocycles. The second kappa shape index (κ2) is 6.43. The zero-order valence-electron chi connectivity index (χ0n) is 12.8. The summed E-state index contributed by atoms with van der Waals surface area (Å²) in [7, 11) is -3.48. The molecule has 7 heteroatoms. The zero-order chi connectivity index (χ0) is 16.4. The van der Waals surface area contributed by atoms with E-state index in [2.05, 4.69) is 11.4 Å². The van der Waals surface area contributed by atoms with Crippen molar-refractivity contribution in [3.8, 4) is 0 Å². The van der Waals surface area contributed by atoms with Crippen LogP contribution >= 0.6 is 11.3 Å². The molecule has 1 N–H and O–H groups in total. The number of carbonyl (C=O) groups excluding carboxylic acids is 1. The minimum atomic E-state index is -3.48. The number of thiophene rings is 1. The molecule has 3 rings (SSSR count). The van der Waals surface area contributed by atoms with E-state index in [1.54, 1.807) is 12.1 Å². The second-order valence-corrected chi connectivity index (χ2v) is 8.82. The summed E-state index contributed by atoms with van der Waals surface area (Å²) < 4.78 is 27.5. The molecular weight excluding hydrogens is 332 g/mol. The predicted octanol–water partition coefficient (Wildman–Crippen LogP) is 2.13. The summed E-state index contributed by atoms with van der Waals surface area (Å²) in [5, 5.41) is 2.68. The number of benzene rings is 1. The van der Waals surface area contributed by atoms with Crippen molar-refractivity contribution in [2.24, 2.45) is 0 Å². The van der Waals surface area contributed by atoms with Crippen LogP contribution in [0.2, 0.25) is 0 Å². The van der Waals surface area contributed by atoms with E-state index in [4.69, 9.17) is 0 Å². The Morgan fingerprint density at radius 2 is 1.96 bits per heavy atom. The average Bonchev–Trinajstić information content (AvgIpc) is 3.02. The van der Waals surface area contributed by atoms with Crippen LogP contribution in [0.5, 0.6) is 0 Å². The molecule has 0 radical (unpaired) electrons. The van der Waals surface area contributed by atoms with E-state index in [9.17, 15) is 13.2 Å². The lowest BCUT2D eigenvalue weighted by Gasteiger charge is -2.27. The first-order chi connectivity index (χ1) is 11.0. The SMILES string of the molecule is CC(=O)NCc1ccc(S(=O)(=O)N2CCc3ccccc3C2)s1. The molecular formula is C16H18N2O3S2. The molecule has 5 nitrogen and oxygen atoms in total. The van der Waals surface area contributed by atoms with Crippen LogP contribution < -0.4 is 5.32 Å². The molecule has 0 atom stereocenters. The molecule has 0 saturated heterocycles.